The van der Waals surface area contributed by atoms with Gasteiger partial charge < -0.3 is 0 Å². The fourth-order valence-corrected chi connectivity index (χ4v) is 5.20. The zero-order chi connectivity index (χ0) is 11.2. The van der Waals surface area contributed by atoms with E-state index in [0.717, 1.165) is 0 Å². The van der Waals surface area contributed by atoms with Crippen LogP contribution < -0.4 is 0 Å². The van der Waals surface area contributed by atoms with Crippen molar-refractivity contribution in [3.05, 3.63) is 41.0 Å². The van der Waals surface area contributed by atoms with E-state index in [1.807, 2.05) is 0 Å². The Hall–Kier alpha value is -0.823. The van der Waals surface area contributed by atoms with Crippen molar-refractivity contribution in [2.45, 2.75) is 39.4 Å². The highest BCUT2D eigenvalue weighted by molar-refractivity contribution is 6.94. The third-order valence-corrected chi connectivity index (χ3v) is 5.65. The maximum absolute atomic E-state index is 2.45. The van der Waals surface area contributed by atoms with Crippen molar-refractivity contribution in [2.75, 3.05) is 0 Å². The van der Waals surface area contributed by atoms with Crippen LogP contribution in [0.1, 0.15) is 30.9 Å². The lowest BCUT2D eigenvalue weighted by molar-refractivity contribution is 0.921. The molecule has 1 aromatic rings. The van der Waals surface area contributed by atoms with E-state index < -0.39 is 8.07 Å². The Morgan fingerprint density at radius 3 is 2.27 bits per heavy atom. The normalized spacial score (nSPS) is 20.7. The van der Waals surface area contributed by atoms with Gasteiger partial charge in [0.05, 0.1) is 8.07 Å². The minimum absolute atomic E-state index is 0.628. The summed E-state index contributed by atoms with van der Waals surface area (Å²) in [6.07, 6.45) is 0. The van der Waals surface area contributed by atoms with Crippen LogP contribution in [0.25, 0.3) is 5.20 Å². The van der Waals surface area contributed by atoms with Crippen molar-refractivity contribution >= 4 is 13.3 Å². The van der Waals surface area contributed by atoms with Crippen LogP contribution in [-0.2, 0) is 0 Å². The van der Waals surface area contributed by atoms with E-state index in [9.17, 15) is 0 Å². The fraction of sp³-hybridized carbons (Fsp3) is 0.429. The van der Waals surface area contributed by atoms with Gasteiger partial charge in [-0.05, 0) is 18.1 Å². The molecule has 1 heteroatoms. The summed E-state index contributed by atoms with van der Waals surface area (Å²) < 4.78 is 0. The maximum Gasteiger partial charge on any atom is 0.0783 e. The second-order valence-corrected chi connectivity index (χ2v) is 10.6. The Morgan fingerprint density at radius 2 is 1.67 bits per heavy atom. The van der Waals surface area contributed by atoms with Gasteiger partial charge in [-0.15, -0.1) is 0 Å². The molecule has 0 saturated heterocycles. The van der Waals surface area contributed by atoms with Crippen molar-refractivity contribution in [1.82, 2.24) is 0 Å². The Morgan fingerprint density at radius 1 is 1.07 bits per heavy atom. The monoisotopic (exact) mass is 216 g/mol. The van der Waals surface area contributed by atoms with E-state index >= 15 is 0 Å². The highest BCUT2D eigenvalue weighted by Crippen LogP contribution is 2.45. The molecule has 15 heavy (non-hydrogen) atoms. The summed E-state index contributed by atoms with van der Waals surface area (Å²) in [6.45, 7) is 12.0. The minimum Gasteiger partial charge on any atom is -0.0662 e. The second kappa shape index (κ2) is 3.34. The Balaban J connectivity index is 2.65. The molecule has 0 aromatic heterocycles. The molecule has 0 amide bonds. The van der Waals surface area contributed by atoms with Crippen LogP contribution in [-0.4, -0.2) is 8.07 Å². The second-order valence-electron chi connectivity index (χ2n) is 5.62. The third kappa shape index (κ3) is 1.59. The summed E-state index contributed by atoms with van der Waals surface area (Å²) in [6, 6.07) is 8.92. The van der Waals surface area contributed by atoms with Crippen LogP contribution in [0.5, 0.6) is 0 Å². The Bertz CT molecular complexity index is 421. The van der Waals surface area contributed by atoms with Crippen LogP contribution in [0, 0.1) is 0 Å². The molecule has 1 atom stereocenters. The van der Waals surface area contributed by atoms with Crippen molar-refractivity contribution < 1.29 is 0 Å². The molecule has 0 saturated carbocycles. The molecule has 1 aliphatic carbocycles. The number of hydrogen-bond donors (Lipinski definition) is 0. The van der Waals surface area contributed by atoms with E-state index in [-0.39, 0.29) is 0 Å². The van der Waals surface area contributed by atoms with Crippen LogP contribution >= 0.6 is 0 Å². The molecule has 1 unspecified atom stereocenters. The molecular weight excluding hydrogens is 196 g/mol. The van der Waals surface area contributed by atoms with Gasteiger partial charge in [0, 0.05) is 5.92 Å². The molecule has 0 nitrogen and oxygen atoms in total. The van der Waals surface area contributed by atoms with E-state index in [0.29, 0.717) is 5.92 Å². The molecule has 1 aliphatic rings. The molecular formula is C14H20Si. The molecule has 80 valence electrons. The Kier molecular flexibility index (Phi) is 2.38. The number of hydrogen-bond acceptors (Lipinski definition) is 0. The van der Waals surface area contributed by atoms with Gasteiger partial charge in [-0.25, -0.2) is 0 Å². The summed E-state index contributed by atoms with van der Waals surface area (Å²) in [5, 5.41) is 1.69. The van der Waals surface area contributed by atoms with Gasteiger partial charge in [-0.3, -0.25) is 0 Å². The average Bonchev–Trinajstić information content (AvgIpc) is 2.39. The molecule has 1 aromatic carbocycles. The van der Waals surface area contributed by atoms with Gasteiger partial charge in [0.15, 0.2) is 0 Å². The zero-order valence-electron chi connectivity index (χ0n) is 10.4. The van der Waals surface area contributed by atoms with Gasteiger partial charge in [0.2, 0.25) is 0 Å². The predicted molar refractivity (Wildman–Crippen MR) is 70.8 cm³/mol. The Labute approximate surface area is 94.0 Å². The minimum atomic E-state index is -1.20. The first-order valence-corrected chi connectivity index (χ1v) is 9.23. The van der Waals surface area contributed by atoms with Gasteiger partial charge in [-0.1, -0.05) is 61.6 Å². The van der Waals surface area contributed by atoms with Crippen LogP contribution in [0.4, 0.5) is 0 Å². The van der Waals surface area contributed by atoms with Crippen molar-refractivity contribution in [3.8, 4) is 0 Å². The molecule has 0 N–H and O–H groups in total. The molecule has 0 heterocycles. The largest absolute Gasteiger partial charge is 0.0783 e. The number of fused-ring (bicyclic) bond motifs is 1. The molecule has 2 rings (SSSR count). The third-order valence-electron chi connectivity index (χ3n) is 3.49. The number of allylic oxidation sites excluding steroid dienone is 1. The van der Waals surface area contributed by atoms with E-state index in [1.54, 1.807) is 10.8 Å². The molecule has 0 spiro atoms. The van der Waals surface area contributed by atoms with E-state index in [1.165, 1.54) is 11.1 Å². The highest BCUT2D eigenvalue weighted by atomic mass is 28.3. The quantitative estimate of drug-likeness (QED) is 0.608. The summed E-state index contributed by atoms with van der Waals surface area (Å²) in [7, 11) is -1.20. The molecule has 0 radical (unpaired) electrons. The van der Waals surface area contributed by atoms with E-state index in [4.69, 9.17) is 0 Å². The first kappa shape index (κ1) is 10.7. The number of benzene rings is 1. The van der Waals surface area contributed by atoms with E-state index in [2.05, 4.69) is 57.8 Å². The molecule has 0 bridgehead atoms. The predicted octanol–water partition coefficient (Wildman–Crippen LogP) is 4.45. The first-order chi connectivity index (χ1) is 6.93. The van der Waals surface area contributed by atoms with Crippen molar-refractivity contribution in [3.63, 3.8) is 0 Å². The summed E-state index contributed by atoms with van der Waals surface area (Å²) in [5.41, 5.74) is 4.67. The van der Waals surface area contributed by atoms with Crippen molar-refractivity contribution in [2.24, 2.45) is 0 Å². The summed E-state index contributed by atoms with van der Waals surface area (Å²) in [5.74, 6) is 0.628. The lowest BCUT2D eigenvalue weighted by Gasteiger charge is -2.21. The SMILES string of the molecule is CC1=C([Si](C)(C)C)c2ccccc2C1C. The van der Waals surface area contributed by atoms with Gasteiger partial charge in [-0.2, -0.15) is 0 Å². The average molecular weight is 216 g/mol. The molecule has 0 aliphatic heterocycles. The highest BCUT2D eigenvalue weighted by Gasteiger charge is 2.32. The van der Waals surface area contributed by atoms with Crippen LogP contribution in [0.3, 0.4) is 0 Å². The smallest absolute Gasteiger partial charge is 0.0662 e. The lowest BCUT2D eigenvalue weighted by atomic mass is 9.99. The van der Waals surface area contributed by atoms with Crippen molar-refractivity contribution in [1.29, 1.82) is 0 Å². The topological polar surface area (TPSA) is 0 Å². The van der Waals surface area contributed by atoms with Gasteiger partial charge >= 0.3 is 0 Å². The van der Waals surface area contributed by atoms with Crippen LogP contribution in [0.2, 0.25) is 19.6 Å². The zero-order valence-corrected chi connectivity index (χ0v) is 11.4. The van der Waals surface area contributed by atoms with Crippen LogP contribution in [0.15, 0.2) is 29.8 Å². The standard InChI is InChI=1S/C14H20Si/c1-10-11(2)14(15(3,4)5)13-9-7-6-8-12(10)13/h6-10H,1-5H3. The van der Waals surface area contributed by atoms with Gasteiger partial charge in [0.1, 0.15) is 0 Å². The lowest BCUT2D eigenvalue weighted by Crippen LogP contribution is -2.22. The summed E-state index contributed by atoms with van der Waals surface area (Å²) in [4.78, 5) is 0. The number of rotatable bonds is 1. The van der Waals surface area contributed by atoms with Gasteiger partial charge in [0.25, 0.3) is 0 Å². The molecule has 0 fully saturated rings. The first-order valence-electron chi connectivity index (χ1n) is 5.73. The summed E-state index contributed by atoms with van der Waals surface area (Å²) >= 11 is 0. The fourth-order valence-electron chi connectivity index (χ4n) is 2.76. The maximum atomic E-state index is 2.45.